The number of rotatable bonds is 6. The van der Waals surface area contributed by atoms with Gasteiger partial charge >= 0.3 is 0 Å². The topological polar surface area (TPSA) is 104 Å². The molecule has 3 N–H and O–H groups in total. The second-order valence-corrected chi connectivity index (χ2v) is 7.80. The van der Waals surface area contributed by atoms with Crippen molar-refractivity contribution in [2.45, 2.75) is 10.3 Å². The minimum atomic E-state index is -3.57. The third kappa shape index (κ3) is 4.06. The lowest BCUT2D eigenvalue weighted by Gasteiger charge is -2.12. The van der Waals surface area contributed by atoms with Gasteiger partial charge in [0.1, 0.15) is 9.96 Å². The van der Waals surface area contributed by atoms with Crippen molar-refractivity contribution in [2.24, 2.45) is 0 Å². The molecule has 0 aliphatic rings. The Labute approximate surface area is 132 Å². The van der Waals surface area contributed by atoms with Crippen LogP contribution < -0.4 is 5.32 Å². The zero-order valence-corrected chi connectivity index (χ0v) is 13.1. The Bertz CT molecular complexity index is 740. The molecule has 6 nitrogen and oxygen atoms in total. The molecule has 1 aromatic heterocycles. The molecule has 0 saturated carbocycles. The smallest absolute Gasteiger partial charge is 0.255 e. The van der Waals surface area contributed by atoms with Gasteiger partial charge in [-0.1, -0.05) is 18.2 Å². The van der Waals surface area contributed by atoms with E-state index in [2.05, 4.69) is 5.32 Å². The number of amides is 1. The zero-order valence-electron chi connectivity index (χ0n) is 11.5. The van der Waals surface area contributed by atoms with Gasteiger partial charge in [-0.15, -0.1) is 11.3 Å². The normalized spacial score (nSPS) is 12.8. The highest BCUT2D eigenvalue weighted by Crippen LogP contribution is 2.18. The summed E-state index contributed by atoms with van der Waals surface area (Å²) in [5, 5.41) is 23.4. The Morgan fingerprint density at radius 2 is 1.95 bits per heavy atom. The minimum Gasteiger partial charge on any atom is -0.507 e. The summed E-state index contributed by atoms with van der Waals surface area (Å²) in [7, 11) is -3.57. The van der Waals surface area contributed by atoms with E-state index >= 15 is 0 Å². The van der Waals surface area contributed by atoms with E-state index in [0.29, 0.717) is 0 Å². The summed E-state index contributed by atoms with van der Waals surface area (Å²) in [6, 6.07) is 9.05. The average molecular weight is 341 g/mol. The Balaban J connectivity index is 1.92. The number of aliphatic hydroxyl groups is 1. The van der Waals surface area contributed by atoms with Crippen LogP contribution in [0.2, 0.25) is 0 Å². The fourth-order valence-corrected chi connectivity index (χ4v) is 4.29. The number of para-hydroxylation sites is 1. The van der Waals surface area contributed by atoms with Crippen molar-refractivity contribution in [3.8, 4) is 5.75 Å². The molecule has 8 heteroatoms. The maximum Gasteiger partial charge on any atom is 0.255 e. The summed E-state index contributed by atoms with van der Waals surface area (Å²) in [5.74, 6) is -1.24. The van der Waals surface area contributed by atoms with Crippen LogP contribution in [0.4, 0.5) is 0 Å². The lowest BCUT2D eigenvalue weighted by atomic mass is 10.2. The molecule has 0 radical (unpaired) electrons. The molecule has 0 aliphatic heterocycles. The van der Waals surface area contributed by atoms with E-state index in [-0.39, 0.29) is 22.1 Å². The standard InChI is InChI=1S/C14H15NO5S2/c16-10(9-22(19,20)13-6-3-7-21-13)8-15-14(18)11-4-1-2-5-12(11)17/h1-7,10,16-17H,8-9H2,(H,15,18)/t10-/m1/s1. The SMILES string of the molecule is O=C(NC[C@@H](O)CS(=O)(=O)c1cccs1)c1ccccc1O. The fraction of sp³-hybridized carbons (Fsp3) is 0.214. The van der Waals surface area contributed by atoms with E-state index in [4.69, 9.17) is 0 Å². The second kappa shape index (κ2) is 6.91. The van der Waals surface area contributed by atoms with Gasteiger partial charge in [-0.05, 0) is 23.6 Å². The fourth-order valence-electron chi connectivity index (χ4n) is 1.81. The first kappa shape index (κ1) is 16.5. The van der Waals surface area contributed by atoms with Crippen LogP contribution in [0.15, 0.2) is 46.0 Å². The third-order valence-corrected chi connectivity index (χ3v) is 6.15. The lowest BCUT2D eigenvalue weighted by Crippen LogP contribution is -2.35. The van der Waals surface area contributed by atoms with Crippen LogP contribution >= 0.6 is 11.3 Å². The highest BCUT2D eigenvalue weighted by atomic mass is 32.2. The van der Waals surface area contributed by atoms with Crippen molar-refractivity contribution in [2.75, 3.05) is 12.3 Å². The number of carbonyl (C=O) groups is 1. The summed E-state index contributed by atoms with van der Waals surface area (Å²) < 4.78 is 24.1. The number of hydrogen-bond donors (Lipinski definition) is 3. The molecule has 1 atom stereocenters. The van der Waals surface area contributed by atoms with Crippen molar-refractivity contribution >= 4 is 27.1 Å². The molecule has 1 heterocycles. The number of sulfone groups is 1. The van der Waals surface area contributed by atoms with Gasteiger partial charge in [0.2, 0.25) is 0 Å². The molecule has 2 rings (SSSR count). The second-order valence-electron chi connectivity index (χ2n) is 4.59. The molecule has 1 amide bonds. The van der Waals surface area contributed by atoms with E-state index in [1.807, 2.05) is 0 Å². The monoisotopic (exact) mass is 341 g/mol. The number of aliphatic hydroxyl groups excluding tert-OH is 1. The first-order chi connectivity index (χ1) is 10.4. The van der Waals surface area contributed by atoms with E-state index in [0.717, 1.165) is 11.3 Å². The number of benzene rings is 1. The van der Waals surface area contributed by atoms with Crippen LogP contribution in [0, 0.1) is 0 Å². The van der Waals surface area contributed by atoms with Gasteiger partial charge in [-0.2, -0.15) is 0 Å². The van der Waals surface area contributed by atoms with E-state index < -0.39 is 27.6 Å². The van der Waals surface area contributed by atoms with Gasteiger partial charge in [0.05, 0.1) is 17.4 Å². The lowest BCUT2D eigenvalue weighted by molar-refractivity contribution is 0.0922. The van der Waals surface area contributed by atoms with Crippen molar-refractivity contribution in [3.63, 3.8) is 0 Å². The summed E-state index contributed by atoms with van der Waals surface area (Å²) in [5.41, 5.74) is 0.0656. The summed E-state index contributed by atoms with van der Waals surface area (Å²) in [4.78, 5) is 11.8. The Morgan fingerprint density at radius 1 is 1.23 bits per heavy atom. The van der Waals surface area contributed by atoms with Gasteiger partial charge in [0.15, 0.2) is 9.84 Å². The van der Waals surface area contributed by atoms with Crippen LogP contribution in [-0.2, 0) is 9.84 Å². The molecule has 0 fully saturated rings. The van der Waals surface area contributed by atoms with Crippen molar-refractivity contribution < 1.29 is 23.4 Å². The molecule has 2 aromatic rings. The first-order valence-corrected chi connectivity index (χ1v) is 8.94. The highest BCUT2D eigenvalue weighted by Gasteiger charge is 2.21. The Kier molecular flexibility index (Phi) is 5.17. The molecule has 118 valence electrons. The van der Waals surface area contributed by atoms with Crippen LogP contribution in [0.5, 0.6) is 5.75 Å². The molecular weight excluding hydrogens is 326 g/mol. The molecule has 0 unspecified atom stereocenters. The largest absolute Gasteiger partial charge is 0.507 e. The number of phenols is 1. The predicted octanol–water partition coefficient (Wildman–Crippen LogP) is 1.02. The minimum absolute atomic E-state index is 0.0656. The Hall–Kier alpha value is -1.90. The molecule has 22 heavy (non-hydrogen) atoms. The van der Waals surface area contributed by atoms with Crippen LogP contribution in [0.25, 0.3) is 0 Å². The molecule has 0 bridgehead atoms. The number of aromatic hydroxyl groups is 1. The van der Waals surface area contributed by atoms with Crippen molar-refractivity contribution in [3.05, 3.63) is 47.3 Å². The van der Waals surface area contributed by atoms with Gasteiger partial charge < -0.3 is 15.5 Å². The molecule has 0 spiro atoms. The molecular formula is C14H15NO5S2. The van der Waals surface area contributed by atoms with Crippen LogP contribution in [-0.4, -0.2) is 42.9 Å². The molecule has 1 aromatic carbocycles. The van der Waals surface area contributed by atoms with E-state index in [1.54, 1.807) is 23.6 Å². The van der Waals surface area contributed by atoms with Crippen molar-refractivity contribution in [1.29, 1.82) is 0 Å². The van der Waals surface area contributed by atoms with Gasteiger partial charge in [0.25, 0.3) is 5.91 Å². The summed E-state index contributed by atoms with van der Waals surface area (Å²) in [6.45, 7) is -0.224. The quantitative estimate of drug-likeness (QED) is 0.728. The zero-order chi connectivity index (χ0) is 16.2. The third-order valence-electron chi connectivity index (χ3n) is 2.86. The number of thiophene rings is 1. The van der Waals surface area contributed by atoms with Gasteiger partial charge in [0, 0.05) is 6.54 Å². The summed E-state index contributed by atoms with van der Waals surface area (Å²) >= 11 is 1.08. The average Bonchev–Trinajstić information content (AvgIpc) is 3.00. The molecule has 0 saturated heterocycles. The first-order valence-electron chi connectivity index (χ1n) is 6.40. The summed E-state index contributed by atoms with van der Waals surface area (Å²) in [6.07, 6.45) is -1.23. The van der Waals surface area contributed by atoms with Crippen molar-refractivity contribution in [1.82, 2.24) is 5.32 Å². The number of phenolic OH excluding ortho intramolecular Hbond substituents is 1. The molecule has 0 aliphatic carbocycles. The predicted molar refractivity (Wildman–Crippen MR) is 82.8 cm³/mol. The highest BCUT2D eigenvalue weighted by molar-refractivity contribution is 7.93. The van der Waals surface area contributed by atoms with Crippen LogP contribution in [0.3, 0.4) is 0 Å². The Morgan fingerprint density at radius 3 is 2.59 bits per heavy atom. The number of nitrogens with one attached hydrogen (secondary N) is 1. The van der Waals surface area contributed by atoms with Gasteiger partial charge in [-0.3, -0.25) is 4.79 Å². The number of carbonyl (C=O) groups excluding carboxylic acids is 1. The van der Waals surface area contributed by atoms with E-state index in [9.17, 15) is 23.4 Å². The van der Waals surface area contributed by atoms with Gasteiger partial charge in [-0.25, -0.2) is 8.42 Å². The van der Waals surface area contributed by atoms with Crippen LogP contribution in [0.1, 0.15) is 10.4 Å². The van der Waals surface area contributed by atoms with E-state index in [1.165, 1.54) is 18.2 Å². The maximum absolute atomic E-state index is 12.0. The maximum atomic E-state index is 12.0. The number of hydrogen-bond acceptors (Lipinski definition) is 6.